The molecule has 1 aliphatic heterocycles. The van der Waals surface area contributed by atoms with Gasteiger partial charge in [0.15, 0.2) is 5.03 Å². The van der Waals surface area contributed by atoms with E-state index in [1.807, 2.05) is 13.8 Å². The zero-order valence-electron chi connectivity index (χ0n) is 22.1. The van der Waals surface area contributed by atoms with Gasteiger partial charge >= 0.3 is 0 Å². The molecule has 2 fully saturated rings. The standard InChI is InChI=1S/C28H32FN5O4S/c1-17(2)16-38-21-12-19(11-20(29)13-21)23-8-7-22(26(31-23)34-15-18(3)14-28(34)9-10-28)27(35)33-39(36,37)25-6-4-5-24(30)32-25/h4-8,11-13,17-18H,9-10,14-16H2,1-3H3,(H2,30,32)(H,33,35). The molecule has 1 spiro atoms. The molecule has 1 saturated heterocycles. The van der Waals surface area contributed by atoms with E-state index in [0.717, 1.165) is 19.3 Å². The Kier molecular flexibility index (Phi) is 6.96. The number of pyridine rings is 2. The lowest BCUT2D eigenvalue weighted by molar-refractivity contribution is 0.0981. The van der Waals surface area contributed by atoms with E-state index in [-0.39, 0.29) is 27.9 Å². The van der Waals surface area contributed by atoms with Crippen LogP contribution in [0.25, 0.3) is 11.3 Å². The van der Waals surface area contributed by atoms with E-state index in [1.54, 1.807) is 12.1 Å². The number of anilines is 2. The van der Waals surface area contributed by atoms with Gasteiger partial charge in [-0.25, -0.2) is 19.1 Å². The molecule has 1 amide bonds. The predicted molar refractivity (Wildman–Crippen MR) is 146 cm³/mol. The maximum absolute atomic E-state index is 14.5. The van der Waals surface area contributed by atoms with Crippen molar-refractivity contribution in [2.24, 2.45) is 11.8 Å². The van der Waals surface area contributed by atoms with Crippen LogP contribution in [-0.4, -0.2) is 43.0 Å². The Morgan fingerprint density at radius 1 is 1.21 bits per heavy atom. The van der Waals surface area contributed by atoms with Crippen molar-refractivity contribution in [2.45, 2.75) is 50.6 Å². The van der Waals surface area contributed by atoms with Gasteiger partial charge in [0, 0.05) is 23.7 Å². The number of nitrogens with zero attached hydrogens (tertiary/aromatic N) is 3. The lowest BCUT2D eigenvalue weighted by Crippen LogP contribution is -2.36. The number of nitrogens with one attached hydrogen (secondary N) is 1. The van der Waals surface area contributed by atoms with Crippen molar-refractivity contribution in [3.8, 4) is 17.0 Å². The number of nitrogens with two attached hydrogens (primary N) is 1. The number of carbonyl (C=O) groups excluding carboxylic acids is 1. The molecule has 9 nitrogen and oxygen atoms in total. The second kappa shape index (κ2) is 10.1. The van der Waals surface area contributed by atoms with Crippen molar-refractivity contribution < 1.29 is 22.3 Å². The fraction of sp³-hybridized carbons (Fsp3) is 0.393. The van der Waals surface area contributed by atoms with Gasteiger partial charge in [0.25, 0.3) is 15.9 Å². The quantitative estimate of drug-likeness (QED) is 0.420. The van der Waals surface area contributed by atoms with Crippen LogP contribution in [0.15, 0.2) is 53.6 Å². The van der Waals surface area contributed by atoms with Gasteiger partial charge in [0.05, 0.1) is 17.9 Å². The summed E-state index contributed by atoms with van der Waals surface area (Å²) in [4.78, 5) is 24.2. The third-order valence-corrected chi connectivity index (χ3v) is 8.23. The largest absolute Gasteiger partial charge is 0.493 e. The molecule has 39 heavy (non-hydrogen) atoms. The molecule has 1 saturated carbocycles. The number of amides is 1. The minimum atomic E-state index is -4.28. The van der Waals surface area contributed by atoms with Crippen molar-refractivity contribution in [3.05, 3.63) is 59.9 Å². The lowest BCUT2D eigenvalue weighted by Gasteiger charge is -2.28. The highest BCUT2D eigenvalue weighted by molar-refractivity contribution is 7.90. The molecule has 0 bridgehead atoms. The molecule has 1 aliphatic carbocycles. The fourth-order valence-corrected chi connectivity index (χ4v) is 6.06. The summed E-state index contributed by atoms with van der Waals surface area (Å²) in [7, 11) is -4.28. The second-order valence-corrected chi connectivity index (χ2v) is 12.6. The molecule has 11 heteroatoms. The Hall–Kier alpha value is -3.73. The summed E-state index contributed by atoms with van der Waals surface area (Å²) >= 11 is 0. The van der Waals surface area contributed by atoms with Crippen LogP contribution in [-0.2, 0) is 10.0 Å². The summed E-state index contributed by atoms with van der Waals surface area (Å²) in [5.74, 6) is 0.124. The molecule has 1 unspecified atom stereocenters. The highest BCUT2D eigenvalue weighted by Gasteiger charge is 2.54. The molecule has 5 rings (SSSR count). The zero-order chi connectivity index (χ0) is 27.9. The highest BCUT2D eigenvalue weighted by atomic mass is 32.2. The second-order valence-electron chi connectivity index (χ2n) is 10.9. The minimum absolute atomic E-state index is 0.0191. The summed E-state index contributed by atoms with van der Waals surface area (Å²) < 4.78 is 48.2. The molecule has 3 aromatic rings. The van der Waals surface area contributed by atoms with Crippen molar-refractivity contribution in [3.63, 3.8) is 0 Å². The summed E-state index contributed by atoms with van der Waals surface area (Å²) in [6.07, 6.45) is 2.88. The average Bonchev–Trinajstić information content (AvgIpc) is 3.56. The summed E-state index contributed by atoms with van der Waals surface area (Å²) in [6, 6.07) is 11.7. The van der Waals surface area contributed by atoms with Crippen molar-refractivity contribution in [1.82, 2.24) is 14.7 Å². The normalized spacial score (nSPS) is 18.0. The number of halogens is 1. The predicted octanol–water partition coefficient (Wildman–Crippen LogP) is 4.40. The van der Waals surface area contributed by atoms with Gasteiger partial charge in [0.2, 0.25) is 0 Å². The maximum Gasteiger partial charge on any atom is 0.281 e. The Labute approximate surface area is 227 Å². The minimum Gasteiger partial charge on any atom is -0.493 e. The summed E-state index contributed by atoms with van der Waals surface area (Å²) in [5, 5.41) is -0.357. The first-order valence-corrected chi connectivity index (χ1v) is 14.5. The zero-order valence-corrected chi connectivity index (χ0v) is 23.0. The lowest BCUT2D eigenvalue weighted by atomic mass is 10.1. The van der Waals surface area contributed by atoms with Crippen LogP contribution in [0.5, 0.6) is 5.75 Å². The number of rotatable bonds is 8. The van der Waals surface area contributed by atoms with Crippen LogP contribution in [0.3, 0.4) is 0 Å². The van der Waals surface area contributed by atoms with E-state index in [1.165, 1.54) is 36.4 Å². The molecule has 0 radical (unpaired) electrons. The molecule has 2 aromatic heterocycles. The van der Waals surface area contributed by atoms with Crippen molar-refractivity contribution in [2.75, 3.05) is 23.8 Å². The van der Waals surface area contributed by atoms with Crippen LogP contribution in [0.1, 0.15) is 50.4 Å². The Balaban J connectivity index is 1.54. The van der Waals surface area contributed by atoms with Gasteiger partial charge in [0.1, 0.15) is 23.2 Å². The molecule has 206 valence electrons. The Morgan fingerprint density at radius 3 is 2.67 bits per heavy atom. The first-order chi connectivity index (χ1) is 18.5. The number of hydrogen-bond acceptors (Lipinski definition) is 8. The van der Waals surface area contributed by atoms with Gasteiger partial charge in [-0.3, -0.25) is 4.79 Å². The number of hydrogen-bond donors (Lipinski definition) is 2. The highest BCUT2D eigenvalue weighted by Crippen LogP contribution is 2.53. The van der Waals surface area contributed by atoms with Gasteiger partial charge in [-0.15, -0.1) is 0 Å². The third kappa shape index (κ3) is 5.68. The SMILES string of the molecule is CC(C)COc1cc(F)cc(-c2ccc(C(=O)NS(=O)(=O)c3cccc(N)n3)c(N3CC(C)CC34CC4)n2)c1. The molecule has 3 heterocycles. The van der Waals surface area contributed by atoms with Crippen LogP contribution >= 0.6 is 0 Å². The molecule has 1 aromatic carbocycles. The van der Waals surface area contributed by atoms with Crippen LogP contribution < -0.4 is 20.1 Å². The Morgan fingerprint density at radius 2 is 1.97 bits per heavy atom. The van der Waals surface area contributed by atoms with Crippen LogP contribution in [0.2, 0.25) is 0 Å². The topological polar surface area (TPSA) is 128 Å². The van der Waals surface area contributed by atoms with E-state index in [9.17, 15) is 17.6 Å². The fourth-order valence-electron chi connectivity index (χ4n) is 5.12. The number of nitrogen functional groups attached to an aromatic ring is 1. The molecule has 2 aliphatic rings. The summed E-state index contributed by atoms with van der Waals surface area (Å²) in [6.45, 7) is 7.26. The average molecular weight is 554 g/mol. The van der Waals surface area contributed by atoms with E-state index in [2.05, 4.69) is 21.5 Å². The maximum atomic E-state index is 14.5. The van der Waals surface area contributed by atoms with Gasteiger partial charge in [-0.1, -0.05) is 26.8 Å². The van der Waals surface area contributed by atoms with Crippen LogP contribution in [0.4, 0.5) is 16.0 Å². The molecular weight excluding hydrogens is 521 g/mol. The number of benzene rings is 1. The van der Waals surface area contributed by atoms with E-state index >= 15 is 0 Å². The van der Waals surface area contributed by atoms with Crippen LogP contribution in [0, 0.1) is 17.7 Å². The molecule has 3 N–H and O–H groups in total. The summed E-state index contributed by atoms with van der Waals surface area (Å²) in [5.41, 5.74) is 6.59. The van der Waals surface area contributed by atoms with Gasteiger partial charge < -0.3 is 15.4 Å². The monoisotopic (exact) mass is 553 g/mol. The van der Waals surface area contributed by atoms with Gasteiger partial charge in [-0.2, -0.15) is 8.42 Å². The number of ether oxygens (including phenoxy) is 1. The van der Waals surface area contributed by atoms with Crippen molar-refractivity contribution >= 4 is 27.6 Å². The van der Waals surface area contributed by atoms with Crippen molar-refractivity contribution in [1.29, 1.82) is 0 Å². The first-order valence-electron chi connectivity index (χ1n) is 13.0. The number of aromatic nitrogens is 2. The smallest absolute Gasteiger partial charge is 0.281 e. The van der Waals surface area contributed by atoms with E-state index in [0.29, 0.717) is 41.9 Å². The molecular formula is C28H32FN5O4S. The van der Waals surface area contributed by atoms with Gasteiger partial charge in [-0.05, 0) is 67.5 Å². The molecule has 1 atom stereocenters. The van der Waals surface area contributed by atoms with E-state index < -0.39 is 21.7 Å². The Bertz CT molecular complexity index is 1520. The number of carbonyl (C=O) groups is 1. The third-order valence-electron chi connectivity index (χ3n) is 7.00. The van der Waals surface area contributed by atoms with E-state index in [4.69, 9.17) is 15.5 Å². The first kappa shape index (κ1) is 26.9. The number of sulfonamides is 1.